The van der Waals surface area contributed by atoms with Crippen molar-refractivity contribution in [1.29, 1.82) is 0 Å². The number of halogens is 1. The molecule has 1 amide bonds. The molecule has 1 aromatic heterocycles. The Balaban J connectivity index is 1.67. The van der Waals surface area contributed by atoms with Gasteiger partial charge in [-0.1, -0.05) is 30.6 Å². The third kappa shape index (κ3) is 4.07. The largest absolute Gasteiger partial charge is 0.349 e. The van der Waals surface area contributed by atoms with Crippen LogP contribution in [-0.2, 0) is 0 Å². The number of nitrogens with one attached hydrogen (secondary N) is 2. The number of nitrogens with zero attached hydrogens (tertiary/aromatic N) is 1. The third-order valence-corrected chi connectivity index (χ3v) is 5.11. The summed E-state index contributed by atoms with van der Waals surface area (Å²) in [5, 5.41) is 6.87. The molecule has 0 atom stereocenters. The highest BCUT2D eigenvalue weighted by molar-refractivity contribution is 7.17. The van der Waals surface area contributed by atoms with Gasteiger partial charge in [-0.2, -0.15) is 0 Å². The SMILES string of the molecule is Cc1nc(Nc2ccc(F)cc2)sc1C(=O)NC1CCCCC1. The minimum absolute atomic E-state index is 0.0425. The molecule has 0 spiro atoms. The Morgan fingerprint density at radius 1 is 1.22 bits per heavy atom. The second-order valence-corrected chi connectivity index (χ2v) is 6.87. The topological polar surface area (TPSA) is 54.0 Å². The van der Waals surface area contributed by atoms with Crippen molar-refractivity contribution in [2.24, 2.45) is 0 Å². The Kier molecular flexibility index (Phi) is 4.91. The number of carbonyl (C=O) groups excluding carboxylic acids is 1. The van der Waals surface area contributed by atoms with Crippen molar-refractivity contribution >= 4 is 28.1 Å². The molecule has 4 nitrogen and oxygen atoms in total. The van der Waals surface area contributed by atoms with E-state index in [2.05, 4.69) is 15.6 Å². The van der Waals surface area contributed by atoms with Crippen LogP contribution in [0.5, 0.6) is 0 Å². The van der Waals surface area contributed by atoms with Crippen molar-refractivity contribution in [2.75, 3.05) is 5.32 Å². The normalized spacial score (nSPS) is 15.4. The highest BCUT2D eigenvalue weighted by Gasteiger charge is 2.20. The third-order valence-electron chi connectivity index (χ3n) is 4.04. The maximum Gasteiger partial charge on any atom is 0.263 e. The molecule has 1 aromatic carbocycles. The number of hydrogen-bond acceptors (Lipinski definition) is 4. The van der Waals surface area contributed by atoms with Crippen LogP contribution in [0.25, 0.3) is 0 Å². The van der Waals surface area contributed by atoms with Crippen LogP contribution in [0.3, 0.4) is 0 Å². The van der Waals surface area contributed by atoms with Gasteiger partial charge in [0.05, 0.1) is 5.69 Å². The van der Waals surface area contributed by atoms with E-state index in [-0.39, 0.29) is 17.8 Å². The lowest BCUT2D eigenvalue weighted by atomic mass is 9.95. The van der Waals surface area contributed by atoms with Gasteiger partial charge in [0, 0.05) is 11.7 Å². The average Bonchev–Trinajstić information content (AvgIpc) is 2.91. The summed E-state index contributed by atoms with van der Waals surface area (Å²) in [6.07, 6.45) is 5.75. The maximum atomic E-state index is 12.9. The van der Waals surface area contributed by atoms with Crippen LogP contribution in [0.4, 0.5) is 15.2 Å². The van der Waals surface area contributed by atoms with Crippen LogP contribution < -0.4 is 10.6 Å². The standard InChI is InChI=1S/C17H20FN3OS/c1-11-15(16(22)20-13-5-3-2-4-6-13)23-17(19-11)21-14-9-7-12(18)8-10-14/h7-10,13H,2-6H2,1H3,(H,19,21)(H,20,22). The zero-order valence-corrected chi connectivity index (χ0v) is 13.9. The molecule has 122 valence electrons. The average molecular weight is 333 g/mol. The van der Waals surface area contributed by atoms with Crippen molar-refractivity contribution in [3.63, 3.8) is 0 Å². The Morgan fingerprint density at radius 2 is 1.91 bits per heavy atom. The molecule has 1 heterocycles. The van der Waals surface area contributed by atoms with E-state index in [1.807, 2.05) is 6.92 Å². The highest BCUT2D eigenvalue weighted by Crippen LogP contribution is 2.26. The van der Waals surface area contributed by atoms with Crippen LogP contribution in [0, 0.1) is 12.7 Å². The van der Waals surface area contributed by atoms with E-state index in [0.29, 0.717) is 15.7 Å². The van der Waals surface area contributed by atoms with Gasteiger partial charge in [-0.3, -0.25) is 4.79 Å². The summed E-state index contributed by atoms with van der Waals surface area (Å²) in [6, 6.07) is 6.35. The van der Waals surface area contributed by atoms with Crippen molar-refractivity contribution in [2.45, 2.75) is 45.1 Å². The van der Waals surface area contributed by atoms with Crippen LogP contribution in [-0.4, -0.2) is 16.9 Å². The Morgan fingerprint density at radius 3 is 2.61 bits per heavy atom. The molecular formula is C17H20FN3OS. The van der Waals surface area contributed by atoms with E-state index >= 15 is 0 Å². The van der Waals surface area contributed by atoms with Crippen molar-refractivity contribution in [1.82, 2.24) is 10.3 Å². The molecule has 0 unspecified atom stereocenters. The predicted octanol–water partition coefficient (Wildman–Crippen LogP) is 4.40. The summed E-state index contributed by atoms with van der Waals surface area (Å²) < 4.78 is 12.9. The van der Waals surface area contributed by atoms with Gasteiger partial charge in [0.25, 0.3) is 5.91 Å². The summed E-state index contributed by atoms with van der Waals surface area (Å²) in [4.78, 5) is 17.5. The van der Waals surface area contributed by atoms with Crippen LogP contribution in [0.15, 0.2) is 24.3 Å². The lowest BCUT2D eigenvalue weighted by Gasteiger charge is -2.22. The number of thiazole rings is 1. The Bertz CT molecular complexity index is 678. The summed E-state index contributed by atoms with van der Waals surface area (Å²) >= 11 is 1.33. The molecule has 1 aliphatic rings. The van der Waals surface area contributed by atoms with Crippen molar-refractivity contribution < 1.29 is 9.18 Å². The minimum Gasteiger partial charge on any atom is -0.349 e. The number of carbonyl (C=O) groups is 1. The second-order valence-electron chi connectivity index (χ2n) is 5.87. The van der Waals surface area contributed by atoms with E-state index in [1.165, 1.54) is 42.7 Å². The molecule has 0 radical (unpaired) electrons. The number of rotatable bonds is 4. The molecule has 0 bridgehead atoms. The van der Waals surface area contributed by atoms with Crippen molar-refractivity contribution in [3.05, 3.63) is 40.7 Å². The summed E-state index contributed by atoms with van der Waals surface area (Å²) in [6.45, 7) is 1.84. The van der Waals surface area contributed by atoms with E-state index in [0.717, 1.165) is 18.5 Å². The fourth-order valence-corrected chi connectivity index (χ4v) is 3.70. The molecule has 0 saturated heterocycles. The van der Waals surface area contributed by atoms with Gasteiger partial charge in [-0.05, 0) is 44.0 Å². The molecule has 23 heavy (non-hydrogen) atoms. The quantitative estimate of drug-likeness (QED) is 0.872. The molecule has 1 saturated carbocycles. The van der Waals surface area contributed by atoms with Gasteiger partial charge >= 0.3 is 0 Å². The van der Waals surface area contributed by atoms with E-state index in [9.17, 15) is 9.18 Å². The second kappa shape index (κ2) is 7.08. The molecular weight excluding hydrogens is 313 g/mol. The number of hydrogen-bond donors (Lipinski definition) is 2. The molecule has 3 rings (SSSR count). The summed E-state index contributed by atoms with van der Waals surface area (Å²) in [7, 11) is 0. The first kappa shape index (κ1) is 15.9. The Labute approximate surface area is 139 Å². The number of benzene rings is 1. The van der Waals surface area contributed by atoms with Gasteiger partial charge in [0.1, 0.15) is 10.7 Å². The van der Waals surface area contributed by atoms with Gasteiger partial charge in [-0.25, -0.2) is 9.37 Å². The predicted molar refractivity (Wildman–Crippen MR) is 90.9 cm³/mol. The van der Waals surface area contributed by atoms with E-state index < -0.39 is 0 Å². The highest BCUT2D eigenvalue weighted by atomic mass is 32.1. The molecule has 1 fully saturated rings. The van der Waals surface area contributed by atoms with Crippen molar-refractivity contribution in [3.8, 4) is 0 Å². The first-order valence-corrected chi connectivity index (χ1v) is 8.74. The van der Waals surface area contributed by atoms with Crippen LogP contribution >= 0.6 is 11.3 Å². The van der Waals surface area contributed by atoms with Gasteiger partial charge in [-0.15, -0.1) is 0 Å². The summed E-state index contributed by atoms with van der Waals surface area (Å²) in [5.74, 6) is -0.322. The first-order valence-electron chi connectivity index (χ1n) is 7.93. The molecule has 6 heteroatoms. The monoisotopic (exact) mass is 333 g/mol. The smallest absolute Gasteiger partial charge is 0.263 e. The zero-order valence-electron chi connectivity index (χ0n) is 13.1. The number of aromatic nitrogens is 1. The van der Waals surface area contributed by atoms with Crippen LogP contribution in [0.2, 0.25) is 0 Å². The number of aryl methyl sites for hydroxylation is 1. The zero-order chi connectivity index (χ0) is 16.2. The molecule has 1 aliphatic carbocycles. The van der Waals surface area contributed by atoms with Gasteiger partial charge < -0.3 is 10.6 Å². The minimum atomic E-state index is -0.279. The van der Waals surface area contributed by atoms with Gasteiger partial charge in [0.15, 0.2) is 5.13 Å². The molecule has 2 aromatic rings. The van der Waals surface area contributed by atoms with E-state index in [1.54, 1.807) is 12.1 Å². The maximum absolute atomic E-state index is 12.9. The first-order chi connectivity index (χ1) is 11.1. The van der Waals surface area contributed by atoms with E-state index in [4.69, 9.17) is 0 Å². The van der Waals surface area contributed by atoms with Gasteiger partial charge in [0.2, 0.25) is 0 Å². The number of amides is 1. The molecule has 2 N–H and O–H groups in total. The lowest BCUT2D eigenvalue weighted by molar-refractivity contribution is 0.0931. The summed E-state index contributed by atoms with van der Waals surface area (Å²) in [5.41, 5.74) is 1.47. The lowest BCUT2D eigenvalue weighted by Crippen LogP contribution is -2.36. The Hall–Kier alpha value is -1.95. The fourth-order valence-electron chi connectivity index (χ4n) is 2.82. The van der Waals surface area contributed by atoms with Crippen LogP contribution in [0.1, 0.15) is 47.5 Å². The molecule has 0 aliphatic heterocycles. The number of anilines is 2. The fraction of sp³-hybridized carbons (Fsp3) is 0.412.